The molecule has 7 fully saturated rings. The van der Waals surface area contributed by atoms with Gasteiger partial charge in [0, 0.05) is 69.5 Å². The number of Topliss-reactive ketones (excluding diaryl/α,β-unsaturated/α-hetero) is 1. The summed E-state index contributed by atoms with van der Waals surface area (Å²) in [6, 6.07) is 3.28. The van der Waals surface area contributed by atoms with Crippen LogP contribution in [0, 0.1) is 22.7 Å². The van der Waals surface area contributed by atoms with Gasteiger partial charge in [-0.1, -0.05) is 25.5 Å². The molecule has 24 atom stereocenters. The van der Waals surface area contributed by atoms with Crippen LogP contribution in [0.2, 0.25) is 0 Å². The van der Waals surface area contributed by atoms with Gasteiger partial charge in [-0.3, -0.25) is 9.78 Å². The molecule has 5 heterocycles. The predicted octanol–water partition coefficient (Wildman–Crippen LogP) is 3.81. The van der Waals surface area contributed by atoms with Crippen molar-refractivity contribution in [3.8, 4) is 0 Å². The van der Waals surface area contributed by atoms with Crippen LogP contribution < -0.4 is 0 Å². The average Bonchev–Trinajstić information content (AvgIpc) is 3.64. The van der Waals surface area contributed by atoms with Crippen LogP contribution in [0.25, 0.3) is 0 Å². The van der Waals surface area contributed by atoms with E-state index in [2.05, 4.69) is 18.0 Å². The Morgan fingerprint density at radius 1 is 0.722 bits per heavy atom. The quantitative estimate of drug-likeness (QED) is 0.139. The van der Waals surface area contributed by atoms with Crippen molar-refractivity contribution < 1.29 is 87.2 Å². The summed E-state index contributed by atoms with van der Waals surface area (Å²) in [6.45, 7) is 12.7. The predicted molar refractivity (Wildman–Crippen MR) is 253 cm³/mol. The zero-order valence-corrected chi connectivity index (χ0v) is 43.2. The maximum Gasteiger partial charge on any atom is 0.339 e. The Balaban J connectivity index is 0.791. The molecule has 4 aliphatic heterocycles. The second-order valence-electron chi connectivity index (χ2n) is 22.5. The number of aliphatic hydroxyl groups excluding tert-OH is 3. The first-order valence-electron chi connectivity index (χ1n) is 26.2. The third kappa shape index (κ3) is 9.67. The Kier molecular flexibility index (Phi) is 15.9. The second-order valence-corrected chi connectivity index (χ2v) is 22.5. The van der Waals surface area contributed by atoms with E-state index in [4.69, 9.17) is 52.1 Å². The molecule has 19 nitrogen and oxygen atoms in total. The summed E-state index contributed by atoms with van der Waals surface area (Å²) in [6.07, 6.45) is -3.11. The molecule has 3 saturated carbocycles. The molecule has 19 heteroatoms. The molecule has 0 aromatic carbocycles. The van der Waals surface area contributed by atoms with E-state index in [1.54, 1.807) is 46.2 Å². The lowest BCUT2D eigenvalue weighted by molar-refractivity contribution is -0.345. The molecule has 8 aliphatic rings. The fourth-order valence-corrected chi connectivity index (χ4v) is 14.4. The van der Waals surface area contributed by atoms with Crippen molar-refractivity contribution in [1.29, 1.82) is 0 Å². The minimum absolute atomic E-state index is 0.0845. The van der Waals surface area contributed by atoms with Gasteiger partial charge in [-0.25, -0.2) is 4.79 Å². The molecule has 4 saturated heterocycles. The highest BCUT2D eigenvalue weighted by atomic mass is 16.8. The first kappa shape index (κ1) is 54.2. The maximum atomic E-state index is 13.6. The fraction of sp³-hybridized carbons (Fsp3) is 0.830. The number of carbonyl (C=O) groups is 2. The SMILES string of the molecule is CO[C@H]1C[C@@H](O[C@@H]2[C@@H](O)C[C@@H](O[C@@H]3[C@H](C)O[C@@H](O[C@H]4[C@H](C)O[C@H](O[C@@H]5CC[C@@]6(C)C(=CC[C@@]7(O)[C@@H]6C[C@@H](OC(=O)c6cccnc6)[C@]6(C)[C@H](C(C)=O)CC[C@]67O)C5)C[C@H]4OC)C[C@@H]3O)O[C@@H]2C)O[C@H](C)[C@@H]1O. The fourth-order valence-electron chi connectivity index (χ4n) is 14.4. The van der Waals surface area contributed by atoms with Crippen molar-refractivity contribution in [3.05, 3.63) is 41.7 Å². The summed E-state index contributed by atoms with van der Waals surface area (Å²) >= 11 is 0. The number of hydrogen-bond acceptors (Lipinski definition) is 19. The van der Waals surface area contributed by atoms with Crippen LogP contribution in [-0.2, 0) is 56.9 Å². The Hall–Kier alpha value is -2.57. The van der Waals surface area contributed by atoms with Gasteiger partial charge in [0.1, 0.15) is 47.5 Å². The molecule has 0 bridgehead atoms. The molecule has 0 amide bonds. The monoisotopic (exact) mass is 1020 g/mol. The van der Waals surface area contributed by atoms with E-state index in [0.717, 1.165) is 5.57 Å². The minimum atomic E-state index is -1.70. The summed E-state index contributed by atoms with van der Waals surface area (Å²) in [5, 5.41) is 58.8. The molecule has 0 spiro atoms. The highest BCUT2D eigenvalue weighted by Crippen LogP contribution is 2.70. The Labute approximate surface area is 422 Å². The van der Waals surface area contributed by atoms with E-state index < -0.39 is 144 Å². The minimum Gasteiger partial charge on any atom is -0.458 e. The van der Waals surface area contributed by atoms with Gasteiger partial charge in [0.15, 0.2) is 25.2 Å². The van der Waals surface area contributed by atoms with E-state index >= 15 is 0 Å². The number of rotatable bonds is 13. The van der Waals surface area contributed by atoms with E-state index in [1.807, 2.05) is 13.8 Å². The van der Waals surface area contributed by atoms with Crippen LogP contribution in [0.15, 0.2) is 36.2 Å². The summed E-state index contributed by atoms with van der Waals surface area (Å²) in [4.78, 5) is 30.9. The number of esters is 1. The lowest BCUT2D eigenvalue weighted by atomic mass is 9.43. The van der Waals surface area contributed by atoms with Crippen LogP contribution >= 0.6 is 0 Å². The lowest BCUT2D eigenvalue weighted by Gasteiger charge is -2.66. The third-order valence-corrected chi connectivity index (χ3v) is 18.5. The van der Waals surface area contributed by atoms with Gasteiger partial charge in [0.2, 0.25) is 0 Å². The molecule has 404 valence electrons. The topological polar surface area (TPSA) is 250 Å². The number of hydrogen-bond donors (Lipinski definition) is 5. The smallest absolute Gasteiger partial charge is 0.339 e. The van der Waals surface area contributed by atoms with Gasteiger partial charge in [-0.05, 0) is 97.1 Å². The summed E-state index contributed by atoms with van der Waals surface area (Å²) in [5.41, 5.74) is -3.68. The van der Waals surface area contributed by atoms with Crippen molar-refractivity contribution >= 4 is 11.8 Å². The van der Waals surface area contributed by atoms with Crippen LogP contribution in [0.4, 0.5) is 0 Å². The van der Waals surface area contributed by atoms with Crippen molar-refractivity contribution in [1.82, 2.24) is 4.98 Å². The Morgan fingerprint density at radius 3 is 1.88 bits per heavy atom. The normalized spacial score (nSPS) is 49.4. The van der Waals surface area contributed by atoms with Crippen LogP contribution in [0.3, 0.4) is 0 Å². The van der Waals surface area contributed by atoms with E-state index in [0.29, 0.717) is 38.5 Å². The summed E-state index contributed by atoms with van der Waals surface area (Å²) in [5.74, 6) is -1.77. The maximum absolute atomic E-state index is 13.6. The number of pyridine rings is 1. The molecule has 4 aliphatic carbocycles. The zero-order valence-electron chi connectivity index (χ0n) is 43.2. The average molecular weight is 1020 g/mol. The van der Waals surface area contributed by atoms with Crippen molar-refractivity contribution in [2.24, 2.45) is 22.7 Å². The van der Waals surface area contributed by atoms with Gasteiger partial charge < -0.3 is 77.6 Å². The number of ether oxygens (including phenoxy) is 11. The van der Waals surface area contributed by atoms with E-state index in [9.17, 15) is 35.1 Å². The van der Waals surface area contributed by atoms with Crippen molar-refractivity contribution in [2.75, 3.05) is 14.2 Å². The van der Waals surface area contributed by atoms with Gasteiger partial charge >= 0.3 is 5.97 Å². The molecule has 9 rings (SSSR count). The lowest BCUT2D eigenvalue weighted by Crippen LogP contribution is -2.75. The van der Waals surface area contributed by atoms with Gasteiger partial charge in [-0.15, -0.1) is 0 Å². The first-order chi connectivity index (χ1) is 34.1. The number of aliphatic hydroxyl groups is 5. The summed E-state index contributed by atoms with van der Waals surface area (Å²) < 4.78 is 68.1. The number of nitrogens with zero attached hydrogens (tertiary/aromatic N) is 1. The van der Waals surface area contributed by atoms with Crippen molar-refractivity contribution in [2.45, 2.75) is 241 Å². The molecule has 1 aromatic rings. The number of fused-ring (bicyclic) bond motifs is 5. The molecule has 0 unspecified atom stereocenters. The number of methoxy groups -OCH3 is 2. The van der Waals surface area contributed by atoms with Crippen LogP contribution in [0.5, 0.6) is 0 Å². The standard InChI is InChI=1S/C53H79NO18/c1-26(55)34-14-17-53(61)51(34,7)40(69-49(59)31-11-10-18-54-25-31)24-39-50(6)15-13-33(19-32(50)12-16-52(39,53)60)68-43-23-38(63-9)48(30(5)67-43)72-42-21-36(57)46(28(3)66-42)70-41-20-35(56)47(29(4)65-41)71-44-22-37(62-8)45(58)27(2)64-44/h10-12,18,25,27-30,33-48,56-58,60-61H,13-17,19-24H2,1-9H3/t27-,28+,29-,30+,33-,34+,35+,36+,37+,38-,39-,40-,41-,42+,43-,44-,45+,46-,47+,48+,50+,51+,52-,53+/m1/s1. The van der Waals surface area contributed by atoms with Crippen molar-refractivity contribution in [3.63, 3.8) is 0 Å². The van der Waals surface area contributed by atoms with Crippen LogP contribution in [-0.4, -0.2) is 178 Å². The third-order valence-electron chi connectivity index (χ3n) is 18.5. The highest BCUT2D eigenvalue weighted by Gasteiger charge is 2.77. The molecule has 72 heavy (non-hydrogen) atoms. The largest absolute Gasteiger partial charge is 0.458 e. The van der Waals surface area contributed by atoms with Gasteiger partial charge in [0.25, 0.3) is 0 Å². The molecule has 5 N–H and O–H groups in total. The zero-order chi connectivity index (χ0) is 51.7. The molecular weight excluding hydrogens is 939 g/mol. The summed E-state index contributed by atoms with van der Waals surface area (Å²) in [7, 11) is 3.14. The molecular formula is C53H79NO18. The Bertz CT molecular complexity index is 2080. The number of carbonyl (C=O) groups excluding carboxylic acids is 2. The molecule has 0 radical (unpaired) electrons. The molecule has 1 aromatic heterocycles. The first-order valence-corrected chi connectivity index (χ1v) is 26.2. The van der Waals surface area contributed by atoms with Crippen LogP contribution in [0.1, 0.15) is 129 Å². The second kappa shape index (κ2) is 21.1. The van der Waals surface area contributed by atoms with E-state index in [-0.39, 0.29) is 49.6 Å². The van der Waals surface area contributed by atoms with E-state index in [1.165, 1.54) is 20.2 Å². The number of ketones is 1. The van der Waals surface area contributed by atoms with Gasteiger partial charge in [0.05, 0.1) is 60.5 Å². The highest BCUT2D eigenvalue weighted by molar-refractivity contribution is 5.89. The Morgan fingerprint density at radius 2 is 1.29 bits per heavy atom. The number of aromatic nitrogens is 1. The van der Waals surface area contributed by atoms with Gasteiger partial charge in [-0.2, -0.15) is 0 Å².